The van der Waals surface area contributed by atoms with Gasteiger partial charge in [0, 0.05) is 23.0 Å². The van der Waals surface area contributed by atoms with Crippen molar-refractivity contribution in [3.63, 3.8) is 0 Å². The van der Waals surface area contributed by atoms with Gasteiger partial charge in [0.25, 0.3) is 0 Å². The third-order valence-corrected chi connectivity index (χ3v) is 10.4. The first-order valence-electron chi connectivity index (χ1n) is 15.3. The van der Waals surface area contributed by atoms with Crippen molar-refractivity contribution in [2.75, 3.05) is 13.2 Å². The maximum atomic E-state index is 14.7. The van der Waals surface area contributed by atoms with Gasteiger partial charge in [-0.25, -0.2) is 9.59 Å². The number of hydrogen-bond acceptors (Lipinski definition) is 8. The minimum absolute atomic E-state index is 0.00151. The second kappa shape index (κ2) is 12.5. The molecule has 0 saturated heterocycles. The van der Waals surface area contributed by atoms with E-state index in [-0.39, 0.29) is 29.8 Å². The van der Waals surface area contributed by atoms with Crippen LogP contribution in [0, 0.1) is 34.5 Å². The third kappa shape index (κ3) is 5.32. The van der Waals surface area contributed by atoms with E-state index in [1.54, 1.807) is 51.2 Å². The molecule has 0 aromatic rings. The maximum absolute atomic E-state index is 14.7. The van der Waals surface area contributed by atoms with Crippen LogP contribution in [0.1, 0.15) is 60.8 Å². The lowest BCUT2D eigenvalue weighted by atomic mass is 9.59. The molecule has 8 nitrogen and oxygen atoms in total. The maximum Gasteiger partial charge on any atom is 0.333 e. The number of ether oxygens (including phenoxy) is 2. The second-order valence-electron chi connectivity index (χ2n) is 12.9. The summed E-state index contributed by atoms with van der Waals surface area (Å²) in [6, 6.07) is 0. The highest BCUT2D eigenvalue weighted by molar-refractivity contribution is 5.95. The molecular formula is C35H46O8. The van der Waals surface area contributed by atoms with Crippen molar-refractivity contribution in [3.8, 4) is 0 Å². The zero-order valence-electron chi connectivity index (χ0n) is 26.1. The first kappa shape index (κ1) is 32.8. The number of esters is 2. The van der Waals surface area contributed by atoms with Gasteiger partial charge in [-0.2, -0.15) is 0 Å². The van der Waals surface area contributed by atoms with Gasteiger partial charge < -0.3 is 24.8 Å². The molecule has 2 fully saturated rings. The molecule has 234 valence electrons. The number of carbonyl (C=O) groups excluding carboxylic acids is 3. The molecule has 2 bridgehead atoms. The lowest BCUT2D eigenvalue weighted by Gasteiger charge is -2.48. The van der Waals surface area contributed by atoms with E-state index in [2.05, 4.69) is 6.92 Å². The fourth-order valence-electron chi connectivity index (χ4n) is 7.83. The molecular weight excluding hydrogens is 548 g/mol. The SMILES string of the molecule is C/C=C(\C)C(=O)OC[C@@]1(C)[C@H]2[C@@H]3C=C(CO)[C@@H](O)[C@]4(O)[C@@H](OC(=O)/C=C/C=C/C=C/CCC)C(C)=C[C@@]4(C3=O)[C@H](C)C[C@H]21. The standard InChI is InChI=1S/C35H46O8/c1-7-9-10-11-12-13-14-15-27(37)43-31-22(4)18-34-23(5)16-26-28(33(26,6)20-42-32(40)21(3)8-2)25(30(34)39)17-24(19-36)29(38)35(31,34)41/h8,10-15,17-18,23,25-26,28-29,31,36,38,41H,7,9,16,19-20H2,1-6H3/b11-10+,13-12+,15-14+,21-8+/t23-,25+,26-,28+,29-,31+,33-,34+,35+/m1/s1. The van der Waals surface area contributed by atoms with Gasteiger partial charge in [-0.05, 0) is 62.5 Å². The van der Waals surface area contributed by atoms with Crippen LogP contribution in [0.15, 0.2) is 71.4 Å². The van der Waals surface area contributed by atoms with Crippen LogP contribution < -0.4 is 0 Å². The molecule has 0 aliphatic heterocycles. The van der Waals surface area contributed by atoms with Gasteiger partial charge in [0.2, 0.25) is 0 Å². The minimum atomic E-state index is -2.22. The summed E-state index contributed by atoms with van der Waals surface area (Å²) < 4.78 is 11.4. The quantitative estimate of drug-likeness (QED) is 0.148. The van der Waals surface area contributed by atoms with Crippen LogP contribution in [0.5, 0.6) is 0 Å². The molecule has 8 heteroatoms. The number of ketones is 1. The number of Topliss-reactive ketones (excluding diaryl/α,β-unsaturated/α-hetero) is 1. The average molecular weight is 595 g/mol. The van der Waals surface area contributed by atoms with E-state index in [1.807, 2.05) is 26.0 Å². The number of carbonyl (C=O) groups is 3. The number of rotatable bonds is 10. The van der Waals surface area contributed by atoms with Crippen LogP contribution in [0.3, 0.4) is 0 Å². The fraction of sp³-hybridized carbons (Fsp3) is 0.571. The highest BCUT2D eigenvalue weighted by atomic mass is 16.6. The monoisotopic (exact) mass is 594 g/mol. The molecule has 0 amide bonds. The molecule has 4 rings (SSSR count). The second-order valence-corrected chi connectivity index (χ2v) is 12.9. The van der Waals surface area contributed by atoms with Crippen LogP contribution in [0.4, 0.5) is 0 Å². The summed E-state index contributed by atoms with van der Waals surface area (Å²) in [6.45, 7) is 10.6. The summed E-state index contributed by atoms with van der Waals surface area (Å²) in [4.78, 5) is 40.0. The fourth-order valence-corrected chi connectivity index (χ4v) is 7.83. The van der Waals surface area contributed by atoms with Gasteiger partial charge >= 0.3 is 11.9 Å². The van der Waals surface area contributed by atoms with Crippen LogP contribution in [0.2, 0.25) is 0 Å². The zero-order chi connectivity index (χ0) is 31.7. The number of hydrogen-bond donors (Lipinski definition) is 3. The Kier molecular flexibility index (Phi) is 9.55. The van der Waals surface area contributed by atoms with Crippen molar-refractivity contribution in [1.82, 2.24) is 0 Å². The molecule has 2 saturated carbocycles. The lowest BCUT2D eigenvalue weighted by Crippen LogP contribution is -2.65. The Labute approximate surface area is 254 Å². The van der Waals surface area contributed by atoms with Crippen molar-refractivity contribution in [2.24, 2.45) is 34.5 Å². The molecule has 1 spiro atoms. The van der Waals surface area contributed by atoms with Gasteiger partial charge in [-0.1, -0.05) is 75.8 Å². The van der Waals surface area contributed by atoms with Crippen molar-refractivity contribution in [3.05, 3.63) is 71.4 Å². The Morgan fingerprint density at radius 1 is 1.19 bits per heavy atom. The van der Waals surface area contributed by atoms with E-state index in [1.165, 1.54) is 12.2 Å². The van der Waals surface area contributed by atoms with Crippen molar-refractivity contribution >= 4 is 17.7 Å². The van der Waals surface area contributed by atoms with Crippen molar-refractivity contribution in [1.29, 1.82) is 0 Å². The molecule has 0 unspecified atom stereocenters. The molecule has 0 radical (unpaired) electrons. The summed E-state index contributed by atoms with van der Waals surface area (Å²) in [6.07, 6.45) is 14.7. The molecule has 0 aromatic heterocycles. The molecule has 3 N–H and O–H groups in total. The van der Waals surface area contributed by atoms with Gasteiger partial charge in [0.1, 0.15) is 6.10 Å². The number of fused-ring (bicyclic) bond motifs is 3. The number of unbranched alkanes of at least 4 members (excludes halogenated alkanes) is 1. The lowest BCUT2D eigenvalue weighted by molar-refractivity contribution is -0.201. The van der Waals surface area contributed by atoms with E-state index in [0.29, 0.717) is 17.6 Å². The zero-order valence-corrected chi connectivity index (χ0v) is 26.1. The van der Waals surface area contributed by atoms with Crippen molar-refractivity contribution < 1.29 is 39.2 Å². The van der Waals surface area contributed by atoms with Crippen LogP contribution in [-0.4, -0.2) is 64.1 Å². The van der Waals surface area contributed by atoms with E-state index >= 15 is 0 Å². The Morgan fingerprint density at radius 3 is 2.53 bits per heavy atom. The van der Waals surface area contributed by atoms with Crippen LogP contribution in [-0.2, 0) is 23.9 Å². The number of aliphatic hydroxyl groups is 3. The third-order valence-electron chi connectivity index (χ3n) is 10.4. The van der Waals surface area contributed by atoms with E-state index in [4.69, 9.17) is 9.47 Å². The summed E-state index contributed by atoms with van der Waals surface area (Å²) >= 11 is 0. The number of allylic oxidation sites excluding steroid dienone is 7. The molecule has 43 heavy (non-hydrogen) atoms. The van der Waals surface area contributed by atoms with Gasteiger partial charge in [-0.3, -0.25) is 4.79 Å². The Morgan fingerprint density at radius 2 is 1.88 bits per heavy atom. The molecule has 9 atom stereocenters. The summed E-state index contributed by atoms with van der Waals surface area (Å²) in [5, 5.41) is 34.5. The largest absolute Gasteiger partial charge is 0.462 e. The number of aliphatic hydroxyl groups excluding tert-OH is 2. The highest BCUT2D eigenvalue weighted by Gasteiger charge is 2.77. The first-order valence-corrected chi connectivity index (χ1v) is 15.3. The van der Waals surface area contributed by atoms with Gasteiger partial charge in [-0.15, -0.1) is 0 Å². The van der Waals surface area contributed by atoms with Crippen LogP contribution >= 0.6 is 0 Å². The summed E-state index contributed by atoms with van der Waals surface area (Å²) in [7, 11) is 0. The average Bonchev–Trinajstić information content (AvgIpc) is 3.52. The molecule has 0 aromatic carbocycles. The van der Waals surface area contributed by atoms with Crippen molar-refractivity contribution in [2.45, 2.75) is 78.6 Å². The summed E-state index contributed by atoms with van der Waals surface area (Å²) in [5.74, 6) is -2.82. The van der Waals surface area contributed by atoms with Crippen LogP contribution in [0.25, 0.3) is 0 Å². The van der Waals surface area contributed by atoms with E-state index in [9.17, 15) is 29.7 Å². The minimum Gasteiger partial charge on any atom is -0.462 e. The Bertz CT molecular complexity index is 1320. The topological polar surface area (TPSA) is 130 Å². The predicted octanol–water partition coefficient (Wildman–Crippen LogP) is 4.32. The highest BCUT2D eigenvalue weighted by Crippen LogP contribution is 2.72. The normalized spacial score (nSPS) is 38.8. The molecule has 4 aliphatic carbocycles. The molecule has 4 aliphatic rings. The van der Waals surface area contributed by atoms with Gasteiger partial charge in [0.05, 0.1) is 18.6 Å². The smallest absolute Gasteiger partial charge is 0.333 e. The Hall–Kier alpha value is -3.07. The first-order chi connectivity index (χ1) is 20.3. The molecule has 0 heterocycles. The predicted molar refractivity (Wildman–Crippen MR) is 162 cm³/mol. The summed E-state index contributed by atoms with van der Waals surface area (Å²) in [5.41, 5.74) is -3.19. The Balaban J connectivity index is 1.66. The van der Waals surface area contributed by atoms with E-state index < -0.39 is 59.0 Å². The van der Waals surface area contributed by atoms with E-state index in [0.717, 1.165) is 12.8 Å². The van der Waals surface area contributed by atoms with Gasteiger partial charge in [0.15, 0.2) is 17.5 Å².